The van der Waals surface area contributed by atoms with Crippen LogP contribution in [0.1, 0.15) is 21.7 Å². The second-order valence-corrected chi connectivity index (χ2v) is 6.22. The number of terminal acetylenes is 1. The van der Waals surface area contributed by atoms with Crippen LogP contribution in [0.5, 0.6) is 5.75 Å². The van der Waals surface area contributed by atoms with Crippen molar-refractivity contribution < 1.29 is 14.3 Å². The molecule has 146 valence electrons. The highest BCUT2D eigenvalue weighted by molar-refractivity contribution is 5.99. The molecule has 0 aliphatic heterocycles. The molecule has 0 bridgehead atoms. The van der Waals surface area contributed by atoms with E-state index in [-0.39, 0.29) is 18.4 Å². The Labute approximate surface area is 168 Å². The van der Waals surface area contributed by atoms with Crippen molar-refractivity contribution in [2.45, 2.75) is 6.61 Å². The number of rotatable bonds is 7. The van der Waals surface area contributed by atoms with Crippen molar-refractivity contribution in [3.05, 3.63) is 77.9 Å². The van der Waals surface area contributed by atoms with E-state index in [1.54, 1.807) is 54.7 Å². The first kappa shape index (κ1) is 19.7. The summed E-state index contributed by atoms with van der Waals surface area (Å²) in [5.41, 5.74) is 1.67. The molecular weight excluding hydrogens is 368 g/mol. The minimum Gasteiger partial charge on any atom is -0.486 e. The van der Waals surface area contributed by atoms with Crippen LogP contribution in [0.4, 0.5) is 5.69 Å². The average Bonchev–Trinajstić information content (AvgIpc) is 3.15. The lowest BCUT2D eigenvalue weighted by Crippen LogP contribution is -2.32. The third-order valence-corrected chi connectivity index (χ3v) is 4.13. The topological polar surface area (TPSA) is 85.2 Å². The molecule has 0 atom stereocenters. The molecule has 3 aromatic rings. The number of hydrogen-bond acceptors (Lipinski definition) is 4. The van der Waals surface area contributed by atoms with Crippen LogP contribution in [0.3, 0.4) is 0 Å². The number of nitrogens with zero attached hydrogens (tertiary/aromatic N) is 2. The molecule has 0 aliphatic carbocycles. The van der Waals surface area contributed by atoms with Gasteiger partial charge in [0, 0.05) is 36.3 Å². The van der Waals surface area contributed by atoms with E-state index in [0.29, 0.717) is 29.2 Å². The molecule has 0 saturated carbocycles. The summed E-state index contributed by atoms with van der Waals surface area (Å²) in [6.45, 7) is 0.173. The quantitative estimate of drug-likeness (QED) is 0.609. The molecule has 29 heavy (non-hydrogen) atoms. The van der Waals surface area contributed by atoms with Crippen LogP contribution in [0.25, 0.3) is 0 Å². The number of carbonyl (C=O) groups is 2. The molecule has 7 nitrogen and oxygen atoms in total. The number of anilines is 1. The molecule has 0 aliphatic rings. The summed E-state index contributed by atoms with van der Waals surface area (Å²) in [7, 11) is 1.89. The van der Waals surface area contributed by atoms with Gasteiger partial charge in [-0.25, -0.2) is 4.98 Å². The zero-order valence-corrected chi connectivity index (χ0v) is 15.9. The Hall–Kier alpha value is -4.05. The smallest absolute Gasteiger partial charge is 0.251 e. The van der Waals surface area contributed by atoms with Crippen LogP contribution in [0.2, 0.25) is 0 Å². The second kappa shape index (κ2) is 9.24. The van der Waals surface area contributed by atoms with Crippen molar-refractivity contribution >= 4 is 17.5 Å². The van der Waals surface area contributed by atoms with Gasteiger partial charge in [-0.05, 0) is 42.5 Å². The fourth-order valence-corrected chi connectivity index (χ4v) is 2.54. The molecule has 2 aromatic carbocycles. The number of hydrogen-bond donors (Lipinski definition) is 2. The Morgan fingerprint density at radius 1 is 1.21 bits per heavy atom. The first-order valence-corrected chi connectivity index (χ1v) is 8.89. The highest BCUT2D eigenvalue weighted by atomic mass is 16.5. The lowest BCUT2D eigenvalue weighted by molar-refractivity contribution is -0.115. The van der Waals surface area contributed by atoms with Gasteiger partial charge in [0.05, 0.1) is 6.54 Å². The van der Waals surface area contributed by atoms with Crippen molar-refractivity contribution in [2.24, 2.45) is 7.05 Å². The molecule has 0 radical (unpaired) electrons. The molecule has 0 spiro atoms. The van der Waals surface area contributed by atoms with Crippen LogP contribution in [-0.4, -0.2) is 27.9 Å². The van der Waals surface area contributed by atoms with Crippen LogP contribution in [-0.2, 0) is 18.4 Å². The summed E-state index contributed by atoms with van der Waals surface area (Å²) in [6.07, 6.45) is 8.88. The van der Waals surface area contributed by atoms with Gasteiger partial charge >= 0.3 is 0 Å². The first-order valence-electron chi connectivity index (χ1n) is 8.89. The maximum absolute atomic E-state index is 12.2. The minimum atomic E-state index is -0.354. The number of aromatic nitrogens is 2. The summed E-state index contributed by atoms with van der Waals surface area (Å²) >= 11 is 0. The van der Waals surface area contributed by atoms with E-state index in [9.17, 15) is 9.59 Å². The number of carbonyl (C=O) groups excluding carboxylic acids is 2. The number of nitrogens with one attached hydrogen (secondary N) is 2. The molecule has 0 saturated heterocycles. The number of ether oxygens (including phenoxy) is 1. The van der Waals surface area contributed by atoms with Gasteiger partial charge in [-0.15, -0.1) is 6.42 Å². The maximum atomic E-state index is 12.2. The third-order valence-electron chi connectivity index (χ3n) is 4.13. The molecule has 1 heterocycles. The van der Waals surface area contributed by atoms with Gasteiger partial charge in [0.1, 0.15) is 18.2 Å². The first-order chi connectivity index (χ1) is 14.0. The number of amides is 2. The van der Waals surface area contributed by atoms with E-state index in [1.807, 2.05) is 17.8 Å². The maximum Gasteiger partial charge on any atom is 0.251 e. The molecule has 0 unspecified atom stereocenters. The van der Waals surface area contributed by atoms with Crippen LogP contribution in [0, 0.1) is 12.3 Å². The van der Waals surface area contributed by atoms with Crippen molar-refractivity contribution in [1.29, 1.82) is 0 Å². The number of imidazole rings is 1. The minimum absolute atomic E-state index is 0.156. The Morgan fingerprint density at radius 3 is 2.69 bits per heavy atom. The second-order valence-electron chi connectivity index (χ2n) is 6.22. The molecule has 7 heteroatoms. The van der Waals surface area contributed by atoms with E-state index in [1.165, 1.54) is 0 Å². The Kier molecular flexibility index (Phi) is 6.28. The third kappa shape index (κ3) is 5.47. The predicted molar refractivity (Wildman–Crippen MR) is 109 cm³/mol. The van der Waals surface area contributed by atoms with Crippen molar-refractivity contribution in [3.63, 3.8) is 0 Å². The standard InChI is InChI=1S/C22H20N4O3/c1-3-16-5-4-6-18(13-16)25-21(27)14-24-22(28)17-7-9-19(10-8-17)29-15-20-23-11-12-26(20)2/h1,4-13H,14-15H2,2H3,(H,24,28)(H,25,27). The molecule has 2 amide bonds. The highest BCUT2D eigenvalue weighted by Gasteiger charge is 2.09. The van der Waals surface area contributed by atoms with Gasteiger partial charge in [-0.3, -0.25) is 9.59 Å². The largest absolute Gasteiger partial charge is 0.486 e. The van der Waals surface area contributed by atoms with E-state index < -0.39 is 0 Å². The highest BCUT2D eigenvalue weighted by Crippen LogP contribution is 2.14. The van der Waals surface area contributed by atoms with Crippen molar-refractivity contribution in [1.82, 2.24) is 14.9 Å². The average molecular weight is 388 g/mol. The summed E-state index contributed by atoms with van der Waals surface area (Å²) < 4.78 is 7.53. The van der Waals surface area contributed by atoms with Crippen LogP contribution >= 0.6 is 0 Å². The van der Waals surface area contributed by atoms with Gasteiger partial charge in [-0.1, -0.05) is 12.0 Å². The van der Waals surface area contributed by atoms with Crippen molar-refractivity contribution in [3.8, 4) is 18.1 Å². The van der Waals surface area contributed by atoms with E-state index in [2.05, 4.69) is 21.5 Å². The molecular formula is C22H20N4O3. The van der Waals surface area contributed by atoms with Crippen molar-refractivity contribution in [2.75, 3.05) is 11.9 Å². The molecule has 2 N–H and O–H groups in total. The lowest BCUT2D eigenvalue weighted by atomic mass is 10.2. The number of aryl methyl sites for hydroxylation is 1. The van der Waals surface area contributed by atoms with Gasteiger partial charge < -0.3 is 19.9 Å². The Balaban J connectivity index is 1.48. The van der Waals surface area contributed by atoms with Gasteiger partial charge in [0.25, 0.3) is 5.91 Å². The SMILES string of the molecule is C#Cc1cccc(NC(=O)CNC(=O)c2ccc(OCc3nccn3C)cc2)c1. The van der Waals surface area contributed by atoms with E-state index >= 15 is 0 Å². The summed E-state index contributed by atoms with van der Waals surface area (Å²) in [5.74, 6) is 3.22. The normalized spacial score (nSPS) is 10.1. The lowest BCUT2D eigenvalue weighted by Gasteiger charge is -2.09. The van der Waals surface area contributed by atoms with Gasteiger partial charge in [0.15, 0.2) is 0 Å². The zero-order valence-electron chi connectivity index (χ0n) is 15.9. The summed E-state index contributed by atoms with van der Waals surface area (Å²) in [5, 5.41) is 5.27. The zero-order chi connectivity index (χ0) is 20.6. The molecule has 1 aromatic heterocycles. The van der Waals surface area contributed by atoms with Crippen LogP contribution < -0.4 is 15.4 Å². The van der Waals surface area contributed by atoms with Gasteiger partial charge in [0.2, 0.25) is 5.91 Å². The monoisotopic (exact) mass is 388 g/mol. The summed E-state index contributed by atoms with van der Waals surface area (Å²) in [6, 6.07) is 13.6. The number of benzene rings is 2. The fourth-order valence-electron chi connectivity index (χ4n) is 2.54. The van der Waals surface area contributed by atoms with E-state index in [0.717, 1.165) is 5.82 Å². The molecule has 3 rings (SSSR count). The summed E-state index contributed by atoms with van der Waals surface area (Å²) in [4.78, 5) is 28.4. The van der Waals surface area contributed by atoms with Crippen LogP contribution in [0.15, 0.2) is 60.9 Å². The van der Waals surface area contributed by atoms with E-state index in [4.69, 9.17) is 11.2 Å². The Morgan fingerprint density at radius 2 is 2.00 bits per heavy atom. The molecule has 0 fully saturated rings. The fraction of sp³-hybridized carbons (Fsp3) is 0.136. The van der Waals surface area contributed by atoms with Gasteiger partial charge in [-0.2, -0.15) is 0 Å². The predicted octanol–water partition coefficient (Wildman–Crippen LogP) is 2.35. The Bertz CT molecular complexity index is 1050.